The van der Waals surface area contributed by atoms with Gasteiger partial charge in [0.15, 0.2) is 6.61 Å². The van der Waals surface area contributed by atoms with Crippen molar-refractivity contribution in [3.8, 4) is 5.69 Å². The number of halogens is 1. The largest absolute Gasteiger partial charge is 0.453 e. The molecule has 0 saturated carbocycles. The number of aromatic nitrogens is 1. The number of carbonyl (C=O) groups excluding carboxylic acids is 2. The summed E-state index contributed by atoms with van der Waals surface area (Å²) in [5.41, 5.74) is 3.33. The van der Waals surface area contributed by atoms with Crippen molar-refractivity contribution in [3.63, 3.8) is 0 Å². The molecule has 0 N–H and O–H groups in total. The summed E-state index contributed by atoms with van der Waals surface area (Å²) in [4.78, 5) is 24.9. The average Bonchev–Trinajstić information content (AvgIpc) is 3.22. The first-order valence-corrected chi connectivity index (χ1v) is 9.33. The molecule has 0 unspecified atom stereocenters. The predicted molar refractivity (Wildman–Crippen MR) is 102 cm³/mol. The van der Waals surface area contributed by atoms with Gasteiger partial charge in [-0.3, -0.25) is 4.79 Å². The first-order valence-electron chi connectivity index (χ1n) is 7.66. The molecule has 4 nitrogen and oxygen atoms in total. The van der Waals surface area contributed by atoms with Crippen LogP contribution >= 0.6 is 27.3 Å². The average molecular weight is 418 g/mol. The molecule has 2 aromatic heterocycles. The first kappa shape index (κ1) is 17.6. The lowest BCUT2D eigenvalue weighted by molar-refractivity contribution is 0.0479. The molecule has 0 aliphatic carbocycles. The number of thiophene rings is 1. The Bertz CT molecular complexity index is 911. The van der Waals surface area contributed by atoms with E-state index >= 15 is 0 Å². The molecule has 3 aromatic rings. The van der Waals surface area contributed by atoms with E-state index in [9.17, 15) is 9.59 Å². The second-order valence-electron chi connectivity index (χ2n) is 5.57. The van der Waals surface area contributed by atoms with Gasteiger partial charge in [-0.2, -0.15) is 0 Å². The van der Waals surface area contributed by atoms with Crippen LogP contribution in [0.5, 0.6) is 0 Å². The van der Waals surface area contributed by atoms with Gasteiger partial charge in [-0.1, -0.05) is 22.0 Å². The Morgan fingerprint density at radius 1 is 1.16 bits per heavy atom. The van der Waals surface area contributed by atoms with E-state index in [0.717, 1.165) is 21.5 Å². The number of ether oxygens (including phenoxy) is 1. The van der Waals surface area contributed by atoms with Gasteiger partial charge in [0, 0.05) is 27.1 Å². The third-order valence-corrected chi connectivity index (χ3v) is 5.25. The maximum absolute atomic E-state index is 12.5. The summed E-state index contributed by atoms with van der Waals surface area (Å²) in [7, 11) is 0. The van der Waals surface area contributed by atoms with Crippen LogP contribution < -0.4 is 0 Å². The Labute approximate surface area is 158 Å². The lowest BCUT2D eigenvalue weighted by atomic mass is 10.1. The highest BCUT2D eigenvalue weighted by Crippen LogP contribution is 2.23. The van der Waals surface area contributed by atoms with E-state index in [2.05, 4.69) is 15.9 Å². The Hall–Kier alpha value is -2.18. The Balaban J connectivity index is 1.78. The second-order valence-corrected chi connectivity index (χ2v) is 7.44. The van der Waals surface area contributed by atoms with Crippen LogP contribution in [0.1, 0.15) is 31.4 Å². The highest BCUT2D eigenvalue weighted by atomic mass is 79.9. The van der Waals surface area contributed by atoms with E-state index in [0.29, 0.717) is 10.4 Å². The van der Waals surface area contributed by atoms with Crippen LogP contribution in [-0.4, -0.2) is 22.9 Å². The summed E-state index contributed by atoms with van der Waals surface area (Å²) >= 11 is 4.72. The molecule has 128 valence electrons. The van der Waals surface area contributed by atoms with Crippen LogP contribution in [0.25, 0.3) is 5.69 Å². The van der Waals surface area contributed by atoms with Crippen LogP contribution in [0.2, 0.25) is 0 Å². The number of benzene rings is 1. The summed E-state index contributed by atoms with van der Waals surface area (Å²) in [5.74, 6) is -0.675. The zero-order valence-corrected chi connectivity index (χ0v) is 16.2. The van der Waals surface area contributed by atoms with E-state index in [-0.39, 0.29) is 12.4 Å². The highest BCUT2D eigenvalue weighted by molar-refractivity contribution is 9.10. The predicted octanol–water partition coefficient (Wildman–Crippen LogP) is 4.96. The molecule has 0 spiro atoms. The smallest absolute Gasteiger partial charge is 0.348 e. The first-order chi connectivity index (χ1) is 12.0. The van der Waals surface area contributed by atoms with Crippen molar-refractivity contribution in [3.05, 3.63) is 74.1 Å². The molecule has 1 aromatic carbocycles. The maximum atomic E-state index is 12.5. The van der Waals surface area contributed by atoms with Gasteiger partial charge in [0.2, 0.25) is 5.78 Å². The minimum Gasteiger partial charge on any atom is -0.453 e. The van der Waals surface area contributed by atoms with Crippen molar-refractivity contribution in [2.45, 2.75) is 13.8 Å². The van der Waals surface area contributed by atoms with Crippen molar-refractivity contribution in [1.82, 2.24) is 4.57 Å². The van der Waals surface area contributed by atoms with E-state index in [4.69, 9.17) is 4.74 Å². The minimum absolute atomic E-state index is 0.207. The standard InChI is InChI=1S/C19H16BrNO3S/c1-12-10-16(13(2)21(12)15-7-5-14(20)6-8-15)17(22)11-24-19(23)18-4-3-9-25-18/h3-10H,11H2,1-2H3. The van der Waals surface area contributed by atoms with E-state index in [1.165, 1.54) is 11.3 Å². The fourth-order valence-electron chi connectivity index (χ4n) is 2.71. The van der Waals surface area contributed by atoms with Gasteiger partial charge in [0.25, 0.3) is 0 Å². The summed E-state index contributed by atoms with van der Waals surface area (Å²) < 4.78 is 8.15. The molecule has 0 bridgehead atoms. The minimum atomic E-state index is -0.468. The maximum Gasteiger partial charge on any atom is 0.348 e. The van der Waals surface area contributed by atoms with Gasteiger partial charge >= 0.3 is 5.97 Å². The lowest BCUT2D eigenvalue weighted by Crippen LogP contribution is -2.14. The third kappa shape index (κ3) is 3.75. The van der Waals surface area contributed by atoms with Crippen molar-refractivity contribution in [2.24, 2.45) is 0 Å². The summed E-state index contributed by atoms with van der Waals surface area (Å²) in [6.07, 6.45) is 0. The van der Waals surface area contributed by atoms with Crippen molar-refractivity contribution >= 4 is 39.0 Å². The Kier molecular flexibility index (Phi) is 5.20. The zero-order valence-electron chi connectivity index (χ0n) is 13.8. The highest BCUT2D eigenvalue weighted by Gasteiger charge is 2.18. The molecule has 6 heteroatoms. The zero-order chi connectivity index (χ0) is 18.0. The number of hydrogen-bond donors (Lipinski definition) is 0. The van der Waals surface area contributed by atoms with Gasteiger partial charge in [0.1, 0.15) is 4.88 Å². The molecule has 25 heavy (non-hydrogen) atoms. The number of ketones is 1. The fraction of sp³-hybridized carbons (Fsp3) is 0.158. The molecule has 0 radical (unpaired) electrons. The molecule has 0 amide bonds. The van der Waals surface area contributed by atoms with Crippen molar-refractivity contribution in [1.29, 1.82) is 0 Å². The van der Waals surface area contributed by atoms with Gasteiger partial charge in [-0.15, -0.1) is 11.3 Å². The molecule has 0 fully saturated rings. The van der Waals surface area contributed by atoms with Crippen LogP contribution in [0.3, 0.4) is 0 Å². The number of Topliss-reactive ketones (excluding diaryl/α,β-unsaturated/α-hetero) is 1. The van der Waals surface area contributed by atoms with Crippen LogP contribution in [0, 0.1) is 13.8 Å². The molecular weight excluding hydrogens is 402 g/mol. The molecular formula is C19H16BrNO3S. The molecule has 0 aliphatic rings. The number of carbonyl (C=O) groups is 2. The molecule has 2 heterocycles. The lowest BCUT2D eigenvalue weighted by Gasteiger charge is -2.10. The quantitative estimate of drug-likeness (QED) is 0.435. The van der Waals surface area contributed by atoms with E-state index in [1.54, 1.807) is 17.5 Å². The topological polar surface area (TPSA) is 48.3 Å². The van der Waals surface area contributed by atoms with Crippen LogP contribution in [0.15, 0.2) is 52.3 Å². The van der Waals surface area contributed by atoms with Gasteiger partial charge in [-0.05, 0) is 55.6 Å². The summed E-state index contributed by atoms with van der Waals surface area (Å²) in [6, 6.07) is 13.2. The third-order valence-electron chi connectivity index (χ3n) is 3.87. The summed E-state index contributed by atoms with van der Waals surface area (Å²) in [6.45, 7) is 3.58. The van der Waals surface area contributed by atoms with Crippen molar-refractivity contribution in [2.75, 3.05) is 6.61 Å². The summed E-state index contributed by atoms with van der Waals surface area (Å²) in [5, 5.41) is 1.80. The van der Waals surface area contributed by atoms with E-state index < -0.39 is 5.97 Å². The molecule has 3 rings (SSSR count). The van der Waals surface area contributed by atoms with E-state index in [1.807, 2.05) is 48.7 Å². The van der Waals surface area contributed by atoms with Gasteiger partial charge in [-0.25, -0.2) is 4.79 Å². The Morgan fingerprint density at radius 2 is 1.88 bits per heavy atom. The van der Waals surface area contributed by atoms with Gasteiger partial charge in [0.05, 0.1) is 0 Å². The van der Waals surface area contributed by atoms with Gasteiger partial charge < -0.3 is 9.30 Å². The number of hydrogen-bond acceptors (Lipinski definition) is 4. The normalized spacial score (nSPS) is 10.7. The SMILES string of the molecule is Cc1cc(C(=O)COC(=O)c2cccs2)c(C)n1-c1ccc(Br)cc1. The van der Waals surface area contributed by atoms with Crippen LogP contribution in [-0.2, 0) is 4.74 Å². The Morgan fingerprint density at radius 3 is 2.52 bits per heavy atom. The molecule has 0 saturated heterocycles. The molecule has 0 atom stereocenters. The van der Waals surface area contributed by atoms with Crippen LogP contribution in [0.4, 0.5) is 0 Å². The number of rotatable bonds is 5. The number of aryl methyl sites for hydroxylation is 1. The fourth-order valence-corrected chi connectivity index (χ4v) is 3.59. The number of nitrogens with zero attached hydrogens (tertiary/aromatic N) is 1. The molecule has 0 aliphatic heterocycles. The number of esters is 1. The second kappa shape index (κ2) is 7.37. The monoisotopic (exact) mass is 417 g/mol. The van der Waals surface area contributed by atoms with Crippen molar-refractivity contribution < 1.29 is 14.3 Å².